The van der Waals surface area contributed by atoms with Crippen LogP contribution in [-0.2, 0) is 0 Å². The Bertz CT molecular complexity index is 75.3. The van der Waals surface area contributed by atoms with Crippen LogP contribution in [0.15, 0.2) is 0 Å². The summed E-state index contributed by atoms with van der Waals surface area (Å²) in [6, 6.07) is 0.809. The van der Waals surface area contributed by atoms with Gasteiger partial charge in [0.1, 0.15) is 0 Å². The van der Waals surface area contributed by atoms with Crippen molar-refractivity contribution in [2.24, 2.45) is 5.92 Å². The molecule has 10 heavy (non-hydrogen) atoms. The minimum atomic E-state index is 0.809. The molecule has 0 unspecified atom stereocenters. The van der Waals surface area contributed by atoms with Gasteiger partial charge in [-0.1, -0.05) is 13.3 Å². The van der Waals surface area contributed by atoms with Gasteiger partial charge in [-0.05, 0) is 31.6 Å². The van der Waals surface area contributed by atoms with Crippen LogP contribution in [0, 0.1) is 5.92 Å². The van der Waals surface area contributed by atoms with Crippen LogP contribution >= 0.6 is 22.9 Å². The number of nitrogens with one attached hydrogen (secondary N) is 1. The largest absolute Gasteiger partial charge is 0.258 e. The second-order valence-corrected chi connectivity index (χ2v) is 3.86. The molecule has 60 valence electrons. The molecule has 1 aliphatic carbocycles. The molecule has 1 saturated carbocycles. The highest BCUT2D eigenvalue weighted by Crippen LogP contribution is 2.26. The van der Waals surface area contributed by atoms with Gasteiger partial charge >= 0.3 is 0 Å². The molecule has 0 amide bonds. The van der Waals surface area contributed by atoms with Gasteiger partial charge in [-0.15, -0.1) is 0 Å². The van der Waals surface area contributed by atoms with Gasteiger partial charge in [0.15, 0.2) is 0 Å². The Balaban J connectivity index is 2.17. The monoisotopic (exact) mass is 253 g/mol. The molecule has 1 fully saturated rings. The molecule has 0 radical (unpaired) electrons. The van der Waals surface area contributed by atoms with E-state index in [2.05, 4.69) is 33.3 Å². The minimum absolute atomic E-state index is 0.809. The van der Waals surface area contributed by atoms with E-state index in [1.165, 1.54) is 32.1 Å². The van der Waals surface area contributed by atoms with Gasteiger partial charge in [0, 0.05) is 28.9 Å². The van der Waals surface area contributed by atoms with Crippen LogP contribution in [-0.4, -0.2) is 6.04 Å². The molecule has 0 aromatic carbocycles. The maximum Gasteiger partial charge on any atom is 0.0172 e. The third-order valence-electron chi connectivity index (χ3n) is 2.58. The zero-order valence-corrected chi connectivity index (χ0v) is 8.73. The van der Waals surface area contributed by atoms with Gasteiger partial charge in [-0.2, -0.15) is 0 Å². The van der Waals surface area contributed by atoms with E-state index in [-0.39, 0.29) is 0 Å². The molecule has 0 spiro atoms. The second-order valence-electron chi connectivity index (χ2n) is 3.24. The molecule has 0 bridgehead atoms. The minimum Gasteiger partial charge on any atom is -0.258 e. The maximum absolute atomic E-state index is 3.32. The van der Waals surface area contributed by atoms with Crippen molar-refractivity contribution in [2.75, 3.05) is 0 Å². The number of hydrogen-bond acceptors (Lipinski definition) is 1. The predicted molar refractivity (Wildman–Crippen MR) is 53.2 cm³/mol. The summed E-state index contributed by atoms with van der Waals surface area (Å²) in [5.74, 6) is 1.03. The molecule has 0 heterocycles. The average Bonchev–Trinajstić information content (AvgIpc) is 2.05. The van der Waals surface area contributed by atoms with Crippen molar-refractivity contribution in [1.29, 1.82) is 0 Å². The molecule has 1 aliphatic rings. The summed E-state index contributed by atoms with van der Waals surface area (Å²) in [4.78, 5) is 0. The summed E-state index contributed by atoms with van der Waals surface area (Å²) in [7, 11) is 0. The van der Waals surface area contributed by atoms with Crippen molar-refractivity contribution < 1.29 is 0 Å². The Morgan fingerprint density at radius 3 is 2.30 bits per heavy atom. The molecular weight excluding hydrogens is 237 g/mol. The Kier molecular flexibility index (Phi) is 3.99. The molecule has 2 heteroatoms. The SMILES string of the molecule is CCC1CCC(NI)CC1. The lowest BCUT2D eigenvalue weighted by Crippen LogP contribution is -2.26. The van der Waals surface area contributed by atoms with Gasteiger partial charge in [-0.25, -0.2) is 0 Å². The van der Waals surface area contributed by atoms with E-state index in [9.17, 15) is 0 Å². The van der Waals surface area contributed by atoms with E-state index in [0.717, 1.165) is 12.0 Å². The molecule has 1 N–H and O–H groups in total. The van der Waals surface area contributed by atoms with Crippen molar-refractivity contribution in [3.8, 4) is 0 Å². The smallest absolute Gasteiger partial charge is 0.0172 e. The first kappa shape index (κ1) is 8.78. The Morgan fingerprint density at radius 1 is 1.30 bits per heavy atom. The summed E-state index contributed by atoms with van der Waals surface area (Å²) >= 11 is 2.28. The lowest BCUT2D eigenvalue weighted by Gasteiger charge is -2.26. The van der Waals surface area contributed by atoms with Crippen LogP contribution in [0.1, 0.15) is 39.0 Å². The van der Waals surface area contributed by atoms with Gasteiger partial charge in [0.05, 0.1) is 0 Å². The number of halogens is 1. The van der Waals surface area contributed by atoms with E-state index in [1.807, 2.05) is 0 Å². The van der Waals surface area contributed by atoms with Crippen LogP contribution in [0.25, 0.3) is 0 Å². The fraction of sp³-hybridized carbons (Fsp3) is 1.00. The fourth-order valence-electron chi connectivity index (χ4n) is 1.68. The first-order chi connectivity index (χ1) is 4.86. The summed E-state index contributed by atoms with van der Waals surface area (Å²) in [6.07, 6.45) is 7.05. The second kappa shape index (κ2) is 4.54. The van der Waals surface area contributed by atoms with Crippen LogP contribution in [0.3, 0.4) is 0 Å². The van der Waals surface area contributed by atoms with E-state index < -0.39 is 0 Å². The molecular formula is C8H16IN. The van der Waals surface area contributed by atoms with Crippen molar-refractivity contribution >= 4 is 22.9 Å². The lowest BCUT2D eigenvalue weighted by atomic mass is 9.85. The third-order valence-corrected chi connectivity index (χ3v) is 3.46. The first-order valence-electron chi connectivity index (χ1n) is 4.23. The van der Waals surface area contributed by atoms with Crippen LogP contribution < -0.4 is 3.53 Å². The first-order valence-corrected chi connectivity index (χ1v) is 5.30. The zero-order chi connectivity index (χ0) is 7.40. The van der Waals surface area contributed by atoms with E-state index >= 15 is 0 Å². The van der Waals surface area contributed by atoms with Crippen LogP contribution in [0.2, 0.25) is 0 Å². The molecule has 0 saturated heterocycles. The van der Waals surface area contributed by atoms with E-state index in [1.54, 1.807) is 0 Å². The normalized spacial score (nSPS) is 34.2. The topological polar surface area (TPSA) is 12.0 Å². The zero-order valence-electron chi connectivity index (χ0n) is 6.57. The maximum atomic E-state index is 3.32. The van der Waals surface area contributed by atoms with E-state index in [0.29, 0.717) is 0 Å². The summed E-state index contributed by atoms with van der Waals surface area (Å²) in [6.45, 7) is 2.31. The summed E-state index contributed by atoms with van der Waals surface area (Å²) in [5.41, 5.74) is 0. The summed E-state index contributed by atoms with van der Waals surface area (Å²) < 4.78 is 3.32. The van der Waals surface area contributed by atoms with Gasteiger partial charge in [0.25, 0.3) is 0 Å². The number of hydrogen-bond donors (Lipinski definition) is 1. The summed E-state index contributed by atoms with van der Waals surface area (Å²) in [5, 5.41) is 0. The van der Waals surface area contributed by atoms with Crippen molar-refractivity contribution in [3.63, 3.8) is 0 Å². The lowest BCUT2D eigenvalue weighted by molar-refractivity contribution is 0.313. The molecule has 0 aromatic rings. The average molecular weight is 253 g/mol. The highest BCUT2D eigenvalue weighted by molar-refractivity contribution is 14.1. The van der Waals surface area contributed by atoms with Gasteiger partial charge in [0.2, 0.25) is 0 Å². The fourth-order valence-corrected chi connectivity index (χ4v) is 2.30. The Labute approximate surface area is 77.5 Å². The van der Waals surface area contributed by atoms with Crippen LogP contribution in [0.5, 0.6) is 0 Å². The van der Waals surface area contributed by atoms with Crippen LogP contribution in [0.4, 0.5) is 0 Å². The quantitative estimate of drug-likeness (QED) is 0.589. The Hall–Kier alpha value is 0.690. The predicted octanol–water partition coefficient (Wildman–Crippen LogP) is 2.89. The van der Waals surface area contributed by atoms with Crippen molar-refractivity contribution in [1.82, 2.24) is 3.53 Å². The Morgan fingerprint density at radius 2 is 1.90 bits per heavy atom. The van der Waals surface area contributed by atoms with E-state index in [4.69, 9.17) is 0 Å². The molecule has 1 rings (SSSR count). The highest BCUT2D eigenvalue weighted by atomic mass is 127. The molecule has 0 atom stereocenters. The third kappa shape index (κ3) is 2.38. The molecule has 1 nitrogen and oxygen atoms in total. The van der Waals surface area contributed by atoms with Crippen molar-refractivity contribution in [3.05, 3.63) is 0 Å². The molecule has 0 aliphatic heterocycles. The molecule has 0 aromatic heterocycles. The van der Waals surface area contributed by atoms with Gasteiger partial charge < -0.3 is 0 Å². The highest BCUT2D eigenvalue weighted by Gasteiger charge is 2.18. The number of rotatable bonds is 2. The van der Waals surface area contributed by atoms with Gasteiger partial charge in [-0.3, -0.25) is 3.53 Å². The standard InChI is InChI=1S/C8H16IN/c1-2-7-3-5-8(10-9)6-4-7/h7-8,10H,2-6H2,1H3. The van der Waals surface area contributed by atoms with Crippen molar-refractivity contribution in [2.45, 2.75) is 45.1 Å².